The summed E-state index contributed by atoms with van der Waals surface area (Å²) in [5, 5.41) is 2.31. The van der Waals surface area contributed by atoms with Crippen molar-refractivity contribution < 1.29 is 35.9 Å². The molecule has 3 heterocycles. The average molecular weight is 386 g/mol. The number of rotatable bonds is 2. The van der Waals surface area contributed by atoms with Crippen LogP contribution in [0, 0.1) is 6.92 Å². The second-order valence-corrected chi connectivity index (χ2v) is 6.64. The van der Waals surface area contributed by atoms with Crippen molar-refractivity contribution in [1.29, 1.82) is 0 Å². The Labute approximate surface area is 163 Å². The normalized spacial score (nSPS) is 13.6. The van der Waals surface area contributed by atoms with Gasteiger partial charge in [-0.25, -0.2) is 0 Å². The Morgan fingerprint density at radius 3 is 2.56 bits per heavy atom. The molecule has 5 nitrogen and oxygen atoms in total. The van der Waals surface area contributed by atoms with E-state index in [0.717, 1.165) is 41.3 Å². The standard InChI is InChI=1S/C21H20NO4.ClH/c1-12-16-10-20(24-3)19(23-2)9-13(16)8-17-14-4-5-18-21(26-11-25-18)15(14)6-7-22(12)17;/h4-5,8-10H,6-7,11H2,1-3H3;1H/q+1;/p-1. The molecule has 2 aliphatic heterocycles. The number of hydrogen-bond acceptors (Lipinski definition) is 4. The first kappa shape index (κ1) is 17.7. The van der Waals surface area contributed by atoms with Crippen LogP contribution < -0.4 is 35.9 Å². The molecule has 27 heavy (non-hydrogen) atoms. The largest absolute Gasteiger partial charge is 1.00 e. The van der Waals surface area contributed by atoms with Crippen LogP contribution in [0.3, 0.4) is 0 Å². The fourth-order valence-electron chi connectivity index (χ4n) is 4.13. The molecule has 0 atom stereocenters. The number of benzene rings is 2. The summed E-state index contributed by atoms with van der Waals surface area (Å²) in [5.74, 6) is 3.24. The van der Waals surface area contributed by atoms with E-state index in [1.165, 1.54) is 27.9 Å². The van der Waals surface area contributed by atoms with Crippen molar-refractivity contribution in [2.75, 3.05) is 21.0 Å². The number of fused-ring (bicyclic) bond motifs is 6. The third kappa shape index (κ3) is 2.49. The van der Waals surface area contributed by atoms with E-state index < -0.39 is 0 Å². The topological polar surface area (TPSA) is 40.8 Å². The van der Waals surface area contributed by atoms with Gasteiger partial charge in [-0.1, -0.05) is 0 Å². The summed E-state index contributed by atoms with van der Waals surface area (Å²) < 4.78 is 24.6. The number of methoxy groups -OCH3 is 2. The monoisotopic (exact) mass is 385 g/mol. The molecular formula is C21H20ClNO4. The van der Waals surface area contributed by atoms with Gasteiger partial charge in [0.2, 0.25) is 12.5 Å². The summed E-state index contributed by atoms with van der Waals surface area (Å²) >= 11 is 0. The molecule has 5 rings (SSSR count). The minimum atomic E-state index is 0. The first-order chi connectivity index (χ1) is 12.7. The summed E-state index contributed by atoms with van der Waals surface area (Å²) in [6.45, 7) is 3.38. The maximum Gasteiger partial charge on any atom is 0.231 e. The average Bonchev–Trinajstić information content (AvgIpc) is 3.16. The molecule has 0 unspecified atom stereocenters. The van der Waals surface area contributed by atoms with Gasteiger partial charge in [-0.3, -0.25) is 0 Å². The highest BCUT2D eigenvalue weighted by atomic mass is 35.5. The molecule has 0 bridgehead atoms. The predicted molar refractivity (Wildman–Crippen MR) is 97.2 cm³/mol. The summed E-state index contributed by atoms with van der Waals surface area (Å²) in [6, 6.07) is 10.5. The zero-order chi connectivity index (χ0) is 17.8. The van der Waals surface area contributed by atoms with Gasteiger partial charge in [0.15, 0.2) is 35.2 Å². The number of aryl methyl sites for hydroxylation is 1. The SMILES string of the molecule is COc1cc2cc3[n+](c(C)c2cc1OC)CCc1c-3ccc2c1OCO2.[Cl-]. The Bertz CT molecular complexity index is 1060. The van der Waals surface area contributed by atoms with Crippen molar-refractivity contribution in [2.45, 2.75) is 19.9 Å². The van der Waals surface area contributed by atoms with Gasteiger partial charge < -0.3 is 31.4 Å². The van der Waals surface area contributed by atoms with E-state index in [1.807, 2.05) is 12.1 Å². The van der Waals surface area contributed by atoms with Crippen molar-refractivity contribution in [1.82, 2.24) is 0 Å². The van der Waals surface area contributed by atoms with Crippen molar-refractivity contribution in [2.24, 2.45) is 0 Å². The van der Waals surface area contributed by atoms with E-state index >= 15 is 0 Å². The van der Waals surface area contributed by atoms with Gasteiger partial charge >= 0.3 is 0 Å². The molecule has 140 valence electrons. The molecule has 0 saturated carbocycles. The molecule has 6 heteroatoms. The second kappa shape index (κ2) is 6.50. The molecular weight excluding hydrogens is 366 g/mol. The van der Waals surface area contributed by atoms with E-state index in [2.05, 4.69) is 29.7 Å². The zero-order valence-corrected chi connectivity index (χ0v) is 16.2. The Morgan fingerprint density at radius 2 is 1.78 bits per heavy atom. The third-order valence-corrected chi connectivity index (χ3v) is 5.44. The zero-order valence-electron chi connectivity index (χ0n) is 15.5. The van der Waals surface area contributed by atoms with Crippen molar-refractivity contribution in [3.05, 3.63) is 41.6 Å². The second-order valence-electron chi connectivity index (χ2n) is 6.64. The van der Waals surface area contributed by atoms with Gasteiger partial charge in [0.05, 0.1) is 25.2 Å². The van der Waals surface area contributed by atoms with Gasteiger partial charge in [0.1, 0.15) is 0 Å². The third-order valence-electron chi connectivity index (χ3n) is 5.44. The lowest BCUT2D eigenvalue weighted by atomic mass is 9.93. The molecule has 0 N–H and O–H groups in total. The Balaban J connectivity index is 0.00000180. The van der Waals surface area contributed by atoms with Crippen molar-refractivity contribution >= 4 is 10.8 Å². The van der Waals surface area contributed by atoms with Crippen LogP contribution in [-0.2, 0) is 13.0 Å². The van der Waals surface area contributed by atoms with E-state index in [4.69, 9.17) is 18.9 Å². The van der Waals surface area contributed by atoms with Crippen LogP contribution in [0.1, 0.15) is 11.3 Å². The summed E-state index contributed by atoms with van der Waals surface area (Å²) in [5.41, 5.74) is 4.86. The van der Waals surface area contributed by atoms with Crippen LogP contribution in [0.15, 0.2) is 30.3 Å². The Morgan fingerprint density at radius 1 is 1.00 bits per heavy atom. The molecule has 0 radical (unpaired) electrons. The first-order valence-electron chi connectivity index (χ1n) is 8.72. The number of ether oxygens (including phenoxy) is 4. The van der Waals surface area contributed by atoms with Gasteiger partial charge in [0, 0.05) is 25.0 Å². The lowest BCUT2D eigenvalue weighted by Crippen LogP contribution is -3.00. The van der Waals surface area contributed by atoms with E-state index in [-0.39, 0.29) is 12.4 Å². The van der Waals surface area contributed by atoms with E-state index in [1.54, 1.807) is 14.2 Å². The highest BCUT2D eigenvalue weighted by molar-refractivity contribution is 5.90. The lowest BCUT2D eigenvalue weighted by molar-refractivity contribution is -0.692. The van der Waals surface area contributed by atoms with Crippen LogP contribution in [0.5, 0.6) is 23.0 Å². The van der Waals surface area contributed by atoms with Crippen LogP contribution in [-0.4, -0.2) is 21.0 Å². The Hall–Kier alpha value is -2.66. The molecule has 0 fully saturated rings. The Kier molecular flexibility index (Phi) is 4.27. The van der Waals surface area contributed by atoms with E-state index in [0.29, 0.717) is 6.79 Å². The molecule has 0 saturated heterocycles. The molecule has 0 spiro atoms. The quantitative estimate of drug-likeness (QED) is 0.599. The molecule has 0 amide bonds. The van der Waals surface area contributed by atoms with Crippen LogP contribution in [0.4, 0.5) is 0 Å². The summed E-state index contributed by atoms with van der Waals surface area (Å²) in [7, 11) is 3.34. The van der Waals surface area contributed by atoms with Gasteiger partial charge in [-0.2, -0.15) is 4.57 Å². The maximum atomic E-state index is 5.73. The number of hydrogen-bond donors (Lipinski definition) is 0. The number of pyridine rings is 1. The van der Waals surface area contributed by atoms with Gasteiger partial charge in [-0.05, 0) is 29.7 Å². The van der Waals surface area contributed by atoms with Crippen LogP contribution >= 0.6 is 0 Å². The van der Waals surface area contributed by atoms with Crippen LogP contribution in [0.25, 0.3) is 22.0 Å². The molecule has 0 aliphatic carbocycles. The minimum Gasteiger partial charge on any atom is -1.00 e. The first-order valence-corrected chi connectivity index (χ1v) is 8.72. The molecule has 2 aromatic carbocycles. The summed E-state index contributed by atoms with van der Waals surface area (Å²) in [6.07, 6.45) is 0.930. The number of halogens is 1. The van der Waals surface area contributed by atoms with Crippen molar-refractivity contribution in [3.8, 4) is 34.3 Å². The predicted octanol–water partition coefficient (Wildman–Crippen LogP) is 0.409. The number of aromatic nitrogens is 1. The molecule has 1 aromatic heterocycles. The lowest BCUT2D eigenvalue weighted by Gasteiger charge is -2.19. The van der Waals surface area contributed by atoms with Crippen LogP contribution in [0.2, 0.25) is 0 Å². The van der Waals surface area contributed by atoms with E-state index in [9.17, 15) is 0 Å². The van der Waals surface area contributed by atoms with Crippen molar-refractivity contribution in [3.63, 3.8) is 0 Å². The molecule has 2 aliphatic rings. The molecule has 3 aromatic rings. The smallest absolute Gasteiger partial charge is 0.231 e. The maximum absolute atomic E-state index is 5.73. The van der Waals surface area contributed by atoms with Gasteiger partial charge in [-0.15, -0.1) is 0 Å². The highest BCUT2D eigenvalue weighted by Crippen LogP contribution is 2.43. The fourth-order valence-corrected chi connectivity index (χ4v) is 4.13. The minimum absolute atomic E-state index is 0. The summed E-state index contributed by atoms with van der Waals surface area (Å²) in [4.78, 5) is 0. The van der Waals surface area contributed by atoms with Gasteiger partial charge in [0.25, 0.3) is 0 Å². The fraction of sp³-hybridized carbons (Fsp3) is 0.286. The number of nitrogens with zero attached hydrogens (tertiary/aromatic N) is 1. The highest BCUT2D eigenvalue weighted by Gasteiger charge is 2.32.